The van der Waals surface area contributed by atoms with Gasteiger partial charge < -0.3 is 15.4 Å². The number of hydrogen-bond donors (Lipinski definition) is 2. The zero-order chi connectivity index (χ0) is 33.0. The van der Waals surface area contributed by atoms with E-state index in [1.54, 1.807) is 72.1 Å². The molecule has 0 amide bonds. The molecule has 0 aliphatic heterocycles. The molecule has 6 aromatic rings. The molecule has 1 unspecified atom stereocenters. The number of rotatable bonds is 12. The molecule has 0 spiro atoms. The first-order valence-electron chi connectivity index (χ1n) is 14.5. The highest BCUT2D eigenvalue weighted by Crippen LogP contribution is 2.34. The maximum atomic E-state index is 15.3. The lowest BCUT2D eigenvalue weighted by molar-refractivity contribution is 0.306. The summed E-state index contributed by atoms with van der Waals surface area (Å²) in [5.41, 5.74) is 2.40. The zero-order valence-electron chi connectivity index (χ0n) is 25.0. The molecule has 6 rings (SSSR count). The van der Waals surface area contributed by atoms with Gasteiger partial charge in [-0.15, -0.1) is 11.3 Å². The van der Waals surface area contributed by atoms with E-state index in [4.69, 9.17) is 16.3 Å². The van der Waals surface area contributed by atoms with E-state index < -0.39 is 15.7 Å². The van der Waals surface area contributed by atoms with E-state index in [1.165, 1.54) is 35.9 Å². The van der Waals surface area contributed by atoms with Crippen LogP contribution in [0.2, 0.25) is 5.02 Å². The number of nitrogens with zero attached hydrogens (tertiary/aromatic N) is 3. The van der Waals surface area contributed by atoms with Crippen molar-refractivity contribution in [2.75, 3.05) is 17.6 Å². The van der Waals surface area contributed by atoms with Crippen LogP contribution in [0, 0.1) is 11.6 Å². The molecule has 0 saturated carbocycles. The van der Waals surface area contributed by atoms with Crippen LogP contribution < -0.4 is 15.4 Å². The van der Waals surface area contributed by atoms with Crippen molar-refractivity contribution in [1.29, 1.82) is 0 Å². The summed E-state index contributed by atoms with van der Waals surface area (Å²) in [7, 11) is -3.42. The van der Waals surface area contributed by atoms with E-state index in [0.717, 1.165) is 0 Å². The Labute approximate surface area is 279 Å². The summed E-state index contributed by atoms with van der Waals surface area (Å²) < 4.78 is 59.8. The number of fused-ring (bicyclic) bond motifs is 1. The topological polar surface area (TPSA) is 106 Å². The molecule has 0 aliphatic carbocycles. The third-order valence-corrected chi connectivity index (χ3v) is 10.3. The van der Waals surface area contributed by atoms with E-state index in [2.05, 4.69) is 25.6 Å². The zero-order valence-corrected chi connectivity index (χ0v) is 27.3. The van der Waals surface area contributed by atoms with Gasteiger partial charge in [-0.1, -0.05) is 41.9 Å². The van der Waals surface area contributed by atoms with Crippen molar-refractivity contribution in [3.05, 3.63) is 124 Å². The van der Waals surface area contributed by atoms with Gasteiger partial charge in [-0.05, 0) is 61.0 Å². The fourth-order valence-corrected chi connectivity index (χ4v) is 7.13. The van der Waals surface area contributed by atoms with E-state index in [0.29, 0.717) is 49.4 Å². The number of aromatic nitrogens is 3. The smallest absolute Gasteiger partial charge is 0.179 e. The second-order valence-electron chi connectivity index (χ2n) is 10.6. The Morgan fingerprint density at radius 3 is 2.60 bits per heavy atom. The molecule has 1 atom stereocenters. The Bertz CT molecular complexity index is 2150. The van der Waals surface area contributed by atoms with Crippen LogP contribution in [-0.4, -0.2) is 35.7 Å². The van der Waals surface area contributed by atoms with Gasteiger partial charge in [0.15, 0.2) is 9.84 Å². The summed E-state index contributed by atoms with van der Waals surface area (Å²) in [5, 5.41) is 9.79. The van der Waals surface area contributed by atoms with Crippen LogP contribution in [0.1, 0.15) is 23.5 Å². The SMILES string of the molecule is CC(NCCS(=O)(=O)c1ccccc1)c1nc(-c2cc3c(Nc4ccc(OCc5cccc(F)c5)c(Cl)c4)ncnc3cc2F)cs1. The average molecular weight is 692 g/mol. The highest BCUT2D eigenvalue weighted by Gasteiger charge is 2.18. The Kier molecular flexibility index (Phi) is 9.73. The van der Waals surface area contributed by atoms with Gasteiger partial charge in [0.05, 0.1) is 32.9 Å². The monoisotopic (exact) mass is 691 g/mol. The van der Waals surface area contributed by atoms with Gasteiger partial charge in [0.2, 0.25) is 0 Å². The number of anilines is 2. The van der Waals surface area contributed by atoms with E-state index in [9.17, 15) is 12.8 Å². The van der Waals surface area contributed by atoms with Crippen molar-refractivity contribution in [1.82, 2.24) is 20.3 Å². The molecule has 240 valence electrons. The van der Waals surface area contributed by atoms with Crippen molar-refractivity contribution in [2.45, 2.75) is 24.5 Å². The maximum Gasteiger partial charge on any atom is 0.179 e. The van der Waals surface area contributed by atoms with Gasteiger partial charge in [-0.3, -0.25) is 0 Å². The Balaban J connectivity index is 1.16. The van der Waals surface area contributed by atoms with Crippen molar-refractivity contribution < 1.29 is 21.9 Å². The third kappa shape index (κ3) is 7.74. The van der Waals surface area contributed by atoms with Gasteiger partial charge in [0.25, 0.3) is 0 Å². The van der Waals surface area contributed by atoms with Crippen LogP contribution in [-0.2, 0) is 16.4 Å². The van der Waals surface area contributed by atoms with Gasteiger partial charge in [0.1, 0.15) is 41.1 Å². The maximum absolute atomic E-state index is 15.3. The molecule has 0 bridgehead atoms. The van der Waals surface area contributed by atoms with Crippen molar-refractivity contribution in [3.8, 4) is 17.0 Å². The molecule has 0 aliphatic rings. The second kappa shape index (κ2) is 14.1. The Hall–Kier alpha value is -4.49. The first-order chi connectivity index (χ1) is 22.7. The quantitative estimate of drug-likeness (QED) is 0.133. The summed E-state index contributed by atoms with van der Waals surface area (Å²) in [6.07, 6.45) is 1.34. The number of benzene rings is 4. The molecule has 0 fully saturated rings. The normalized spacial score (nSPS) is 12.3. The third-order valence-electron chi connectivity index (χ3n) is 7.29. The van der Waals surface area contributed by atoms with Crippen LogP contribution >= 0.6 is 22.9 Å². The number of thiazole rings is 1. The molecule has 2 aromatic heterocycles. The highest BCUT2D eigenvalue weighted by atomic mass is 35.5. The number of hydrogen-bond acceptors (Lipinski definition) is 9. The molecular weight excluding hydrogens is 664 g/mol. The summed E-state index contributed by atoms with van der Waals surface area (Å²) in [4.78, 5) is 13.6. The predicted octanol–water partition coefficient (Wildman–Crippen LogP) is 8.13. The van der Waals surface area contributed by atoms with Gasteiger partial charge >= 0.3 is 0 Å². The molecule has 4 aromatic carbocycles. The van der Waals surface area contributed by atoms with Crippen LogP contribution in [0.3, 0.4) is 0 Å². The van der Waals surface area contributed by atoms with Crippen LogP contribution in [0.4, 0.5) is 20.3 Å². The van der Waals surface area contributed by atoms with E-state index in [-0.39, 0.29) is 41.2 Å². The highest BCUT2D eigenvalue weighted by molar-refractivity contribution is 7.91. The number of nitrogens with one attached hydrogen (secondary N) is 2. The van der Waals surface area contributed by atoms with Gasteiger partial charge in [0, 0.05) is 34.6 Å². The molecule has 0 radical (unpaired) electrons. The summed E-state index contributed by atoms with van der Waals surface area (Å²) in [6.45, 7) is 2.26. The molecule has 2 heterocycles. The minimum absolute atomic E-state index is 0.0649. The standard InChI is InChI=1S/C34H28ClF2N5O3S2/c1-21(38-12-13-47(43,44)25-8-3-2-4-9-25)34-42-31(19-46-34)26-16-27-30(17-29(26)37)39-20-40-33(27)41-24-10-11-32(28(35)15-24)45-18-22-6-5-7-23(36)14-22/h2-11,14-17,19-21,38H,12-13,18H2,1H3,(H,39,40,41). The number of halogens is 3. The van der Waals surface area contributed by atoms with E-state index in [1.807, 2.05) is 6.92 Å². The van der Waals surface area contributed by atoms with Gasteiger partial charge in [-0.2, -0.15) is 0 Å². The van der Waals surface area contributed by atoms with Crippen LogP contribution in [0.5, 0.6) is 5.75 Å². The van der Waals surface area contributed by atoms with Gasteiger partial charge in [-0.25, -0.2) is 32.2 Å². The number of ether oxygens (including phenoxy) is 1. The minimum atomic E-state index is -3.42. The Morgan fingerprint density at radius 2 is 1.81 bits per heavy atom. The fourth-order valence-electron chi connectivity index (χ4n) is 4.85. The summed E-state index contributed by atoms with van der Waals surface area (Å²) in [6, 6.07) is 22.3. The van der Waals surface area contributed by atoms with E-state index >= 15 is 4.39 Å². The lowest BCUT2D eigenvalue weighted by atomic mass is 10.1. The first kappa shape index (κ1) is 32.5. The molecular formula is C34H28ClF2N5O3S2. The minimum Gasteiger partial charge on any atom is -0.487 e. The number of sulfone groups is 1. The first-order valence-corrected chi connectivity index (χ1v) is 17.4. The molecule has 2 N–H and O–H groups in total. The average Bonchev–Trinajstić information content (AvgIpc) is 3.55. The molecule has 47 heavy (non-hydrogen) atoms. The summed E-state index contributed by atoms with van der Waals surface area (Å²) >= 11 is 7.84. The second-order valence-corrected chi connectivity index (χ2v) is 14.0. The van der Waals surface area contributed by atoms with Crippen LogP contribution in [0.25, 0.3) is 22.2 Å². The Morgan fingerprint density at radius 1 is 0.979 bits per heavy atom. The summed E-state index contributed by atoms with van der Waals surface area (Å²) in [5.74, 6) is -0.0327. The van der Waals surface area contributed by atoms with Crippen molar-refractivity contribution >= 4 is 55.2 Å². The molecule has 0 saturated heterocycles. The van der Waals surface area contributed by atoms with Crippen LogP contribution in [0.15, 0.2) is 102 Å². The lowest BCUT2D eigenvalue weighted by Gasteiger charge is -2.13. The van der Waals surface area contributed by atoms with Crippen molar-refractivity contribution in [2.24, 2.45) is 0 Å². The predicted molar refractivity (Wildman–Crippen MR) is 181 cm³/mol. The van der Waals surface area contributed by atoms with Crippen molar-refractivity contribution in [3.63, 3.8) is 0 Å². The fraction of sp³-hybridized carbons (Fsp3) is 0.147. The lowest BCUT2D eigenvalue weighted by Crippen LogP contribution is -2.25. The molecule has 13 heteroatoms. The molecule has 8 nitrogen and oxygen atoms in total. The largest absolute Gasteiger partial charge is 0.487 e.